The molecule has 0 aromatic heterocycles. The van der Waals surface area contributed by atoms with Crippen LogP contribution in [0.5, 0.6) is 0 Å². The van der Waals surface area contributed by atoms with Crippen LogP contribution in [0.2, 0.25) is 0 Å². The SMILES string of the molecule is CCCc1ccc(C(NN)C(CCC)OCC)cc1. The standard InChI is InChI=1S/C16H28N2O/c1-4-7-13-9-11-14(12-10-13)16(18-17)15(8-5-2)19-6-3/h9-12,15-16,18H,4-8,17H2,1-3H3. The van der Waals surface area contributed by atoms with Gasteiger partial charge in [0.05, 0.1) is 12.1 Å². The van der Waals surface area contributed by atoms with E-state index in [2.05, 4.69) is 43.5 Å². The Kier molecular flexibility index (Phi) is 7.72. The first-order valence-corrected chi connectivity index (χ1v) is 7.43. The van der Waals surface area contributed by atoms with E-state index in [1.165, 1.54) is 17.5 Å². The van der Waals surface area contributed by atoms with Crippen LogP contribution in [0, 0.1) is 0 Å². The minimum absolute atomic E-state index is 0.0653. The van der Waals surface area contributed by atoms with E-state index in [0.29, 0.717) is 0 Å². The molecule has 1 aromatic carbocycles. The van der Waals surface area contributed by atoms with Gasteiger partial charge >= 0.3 is 0 Å². The van der Waals surface area contributed by atoms with Gasteiger partial charge in [0.1, 0.15) is 0 Å². The number of hydrogen-bond donors (Lipinski definition) is 2. The smallest absolute Gasteiger partial charge is 0.0782 e. The van der Waals surface area contributed by atoms with Gasteiger partial charge in [-0.05, 0) is 30.9 Å². The summed E-state index contributed by atoms with van der Waals surface area (Å²) in [5, 5.41) is 0. The molecular weight excluding hydrogens is 236 g/mol. The number of benzene rings is 1. The van der Waals surface area contributed by atoms with Crippen molar-refractivity contribution in [3.05, 3.63) is 35.4 Å². The fraction of sp³-hybridized carbons (Fsp3) is 0.625. The Morgan fingerprint density at radius 2 is 1.79 bits per heavy atom. The fourth-order valence-electron chi connectivity index (χ4n) is 2.44. The molecule has 1 rings (SSSR count). The van der Waals surface area contributed by atoms with Crippen molar-refractivity contribution in [2.75, 3.05) is 6.61 Å². The molecule has 0 saturated heterocycles. The Morgan fingerprint density at radius 1 is 1.11 bits per heavy atom. The van der Waals surface area contributed by atoms with Gasteiger partial charge in [0.25, 0.3) is 0 Å². The van der Waals surface area contributed by atoms with Gasteiger partial charge in [-0.3, -0.25) is 11.3 Å². The van der Waals surface area contributed by atoms with Crippen molar-refractivity contribution >= 4 is 0 Å². The molecule has 0 aliphatic carbocycles. The molecule has 0 bridgehead atoms. The van der Waals surface area contributed by atoms with Crippen LogP contribution in [-0.4, -0.2) is 12.7 Å². The van der Waals surface area contributed by atoms with Crippen molar-refractivity contribution in [3.63, 3.8) is 0 Å². The molecule has 0 amide bonds. The Labute approximate surface area is 117 Å². The number of hydrazine groups is 1. The lowest BCUT2D eigenvalue weighted by molar-refractivity contribution is 0.0276. The van der Waals surface area contributed by atoms with E-state index in [1.807, 2.05) is 6.92 Å². The largest absolute Gasteiger partial charge is 0.376 e. The van der Waals surface area contributed by atoms with Crippen molar-refractivity contribution < 1.29 is 4.74 Å². The molecule has 3 nitrogen and oxygen atoms in total. The molecule has 0 radical (unpaired) electrons. The summed E-state index contributed by atoms with van der Waals surface area (Å²) in [6.07, 6.45) is 4.55. The van der Waals surface area contributed by atoms with Gasteiger partial charge in [0.2, 0.25) is 0 Å². The van der Waals surface area contributed by atoms with Gasteiger partial charge in [-0.1, -0.05) is 51.0 Å². The quantitative estimate of drug-likeness (QED) is 0.531. The zero-order valence-corrected chi connectivity index (χ0v) is 12.5. The van der Waals surface area contributed by atoms with Gasteiger partial charge in [-0.15, -0.1) is 0 Å². The summed E-state index contributed by atoms with van der Waals surface area (Å²) in [7, 11) is 0. The maximum absolute atomic E-state index is 5.83. The van der Waals surface area contributed by atoms with Crippen molar-refractivity contribution in [2.45, 2.75) is 58.6 Å². The second-order valence-electron chi connectivity index (χ2n) is 4.92. The fourth-order valence-corrected chi connectivity index (χ4v) is 2.44. The maximum atomic E-state index is 5.83. The van der Waals surface area contributed by atoms with Crippen LogP contribution in [-0.2, 0) is 11.2 Å². The van der Waals surface area contributed by atoms with Crippen LogP contribution in [0.4, 0.5) is 0 Å². The molecule has 0 spiro atoms. The van der Waals surface area contributed by atoms with Crippen LogP contribution in [0.1, 0.15) is 57.2 Å². The summed E-state index contributed by atoms with van der Waals surface area (Å²) in [4.78, 5) is 0. The van der Waals surface area contributed by atoms with Crippen LogP contribution >= 0.6 is 0 Å². The van der Waals surface area contributed by atoms with Gasteiger partial charge in [-0.2, -0.15) is 0 Å². The summed E-state index contributed by atoms with van der Waals surface area (Å²) < 4.78 is 5.83. The first-order valence-electron chi connectivity index (χ1n) is 7.43. The summed E-state index contributed by atoms with van der Waals surface area (Å²) >= 11 is 0. The molecule has 1 aromatic rings. The van der Waals surface area contributed by atoms with E-state index in [4.69, 9.17) is 10.6 Å². The highest BCUT2D eigenvalue weighted by molar-refractivity contribution is 5.26. The van der Waals surface area contributed by atoms with Gasteiger partial charge in [0.15, 0.2) is 0 Å². The number of aryl methyl sites for hydroxylation is 1. The third-order valence-electron chi connectivity index (χ3n) is 3.38. The summed E-state index contributed by atoms with van der Waals surface area (Å²) in [6, 6.07) is 8.78. The van der Waals surface area contributed by atoms with Crippen molar-refractivity contribution in [2.24, 2.45) is 5.84 Å². The normalized spacial score (nSPS) is 14.3. The van der Waals surface area contributed by atoms with Crippen molar-refractivity contribution in [3.8, 4) is 0 Å². The van der Waals surface area contributed by atoms with E-state index in [0.717, 1.165) is 25.9 Å². The zero-order chi connectivity index (χ0) is 14.1. The Morgan fingerprint density at radius 3 is 2.26 bits per heavy atom. The summed E-state index contributed by atoms with van der Waals surface area (Å²) in [6.45, 7) is 7.12. The molecule has 0 heterocycles. The monoisotopic (exact) mass is 264 g/mol. The average molecular weight is 264 g/mol. The van der Waals surface area contributed by atoms with Crippen LogP contribution in [0.3, 0.4) is 0 Å². The number of rotatable bonds is 9. The lowest BCUT2D eigenvalue weighted by atomic mass is 9.97. The van der Waals surface area contributed by atoms with Crippen molar-refractivity contribution in [1.82, 2.24) is 5.43 Å². The molecule has 3 heteroatoms. The van der Waals surface area contributed by atoms with E-state index in [-0.39, 0.29) is 12.1 Å². The number of hydrogen-bond acceptors (Lipinski definition) is 3. The first-order chi connectivity index (χ1) is 9.26. The van der Waals surface area contributed by atoms with Crippen LogP contribution < -0.4 is 11.3 Å². The third kappa shape index (κ3) is 4.94. The summed E-state index contributed by atoms with van der Waals surface area (Å²) in [5.41, 5.74) is 5.50. The van der Waals surface area contributed by atoms with E-state index in [9.17, 15) is 0 Å². The first kappa shape index (κ1) is 16.2. The Hall–Kier alpha value is -0.900. The number of nitrogens with two attached hydrogens (primary N) is 1. The number of nitrogens with one attached hydrogen (secondary N) is 1. The van der Waals surface area contributed by atoms with Gasteiger partial charge in [-0.25, -0.2) is 0 Å². The lowest BCUT2D eigenvalue weighted by Gasteiger charge is -2.26. The molecule has 2 unspecified atom stereocenters. The van der Waals surface area contributed by atoms with E-state index < -0.39 is 0 Å². The molecule has 0 aliphatic heterocycles. The predicted octanol–water partition coefficient (Wildman–Crippen LogP) is 3.35. The van der Waals surface area contributed by atoms with Crippen LogP contribution in [0.25, 0.3) is 0 Å². The van der Waals surface area contributed by atoms with E-state index in [1.54, 1.807) is 0 Å². The molecule has 108 valence electrons. The highest BCUT2D eigenvalue weighted by atomic mass is 16.5. The van der Waals surface area contributed by atoms with E-state index >= 15 is 0 Å². The molecule has 19 heavy (non-hydrogen) atoms. The van der Waals surface area contributed by atoms with Crippen LogP contribution in [0.15, 0.2) is 24.3 Å². The van der Waals surface area contributed by atoms with Gasteiger partial charge < -0.3 is 4.74 Å². The number of ether oxygens (including phenoxy) is 1. The maximum Gasteiger partial charge on any atom is 0.0782 e. The minimum atomic E-state index is 0.0653. The minimum Gasteiger partial charge on any atom is -0.376 e. The van der Waals surface area contributed by atoms with Gasteiger partial charge in [0, 0.05) is 6.61 Å². The highest BCUT2D eigenvalue weighted by Gasteiger charge is 2.21. The molecule has 2 atom stereocenters. The second kappa shape index (κ2) is 9.08. The third-order valence-corrected chi connectivity index (χ3v) is 3.38. The Balaban J connectivity index is 2.81. The molecule has 3 N–H and O–H groups in total. The van der Waals surface area contributed by atoms with Crippen molar-refractivity contribution in [1.29, 1.82) is 0 Å². The summed E-state index contributed by atoms with van der Waals surface area (Å²) in [5.74, 6) is 5.73. The second-order valence-corrected chi connectivity index (χ2v) is 4.92. The zero-order valence-electron chi connectivity index (χ0n) is 12.5. The Bertz CT molecular complexity index is 331. The predicted molar refractivity (Wildman–Crippen MR) is 80.8 cm³/mol. The molecule has 0 fully saturated rings. The highest BCUT2D eigenvalue weighted by Crippen LogP contribution is 2.23. The average Bonchev–Trinajstić information content (AvgIpc) is 2.42. The topological polar surface area (TPSA) is 47.3 Å². The molecular formula is C16H28N2O. The molecule has 0 saturated carbocycles. The molecule has 0 aliphatic rings. The lowest BCUT2D eigenvalue weighted by Crippen LogP contribution is -2.38.